The van der Waals surface area contributed by atoms with Crippen LogP contribution in [-0.4, -0.2) is 11.0 Å². The molecule has 1 amide bonds. The summed E-state index contributed by atoms with van der Waals surface area (Å²) in [5.41, 5.74) is 0.303. The Balaban J connectivity index is 1.89. The summed E-state index contributed by atoms with van der Waals surface area (Å²) in [6.07, 6.45) is 0. The second-order valence-electron chi connectivity index (χ2n) is 4.93. The van der Waals surface area contributed by atoms with Gasteiger partial charge in [-0.3, -0.25) is 4.79 Å². The fourth-order valence-corrected chi connectivity index (χ4v) is 3.03. The monoisotopic (exact) mass is 297 g/mol. The zero-order chi connectivity index (χ0) is 14.8. The van der Waals surface area contributed by atoms with E-state index in [9.17, 15) is 9.90 Å². The molecule has 1 aromatic heterocycles. The van der Waals surface area contributed by atoms with Gasteiger partial charge in [-0.2, -0.15) is 0 Å². The van der Waals surface area contributed by atoms with Crippen LogP contribution in [0.1, 0.15) is 28.2 Å². The lowest BCUT2D eigenvalue weighted by Gasteiger charge is -2.13. The van der Waals surface area contributed by atoms with Crippen molar-refractivity contribution in [2.45, 2.75) is 13.0 Å². The molecule has 0 aliphatic heterocycles. The lowest BCUT2D eigenvalue weighted by molar-refractivity contribution is 0.0938. The summed E-state index contributed by atoms with van der Waals surface area (Å²) in [4.78, 5) is 13.4. The molecule has 2 aromatic carbocycles. The van der Waals surface area contributed by atoms with Crippen molar-refractivity contribution in [3.8, 4) is 5.75 Å². The van der Waals surface area contributed by atoms with Gasteiger partial charge in [0.05, 0.1) is 11.6 Å². The van der Waals surface area contributed by atoms with E-state index < -0.39 is 0 Å². The van der Waals surface area contributed by atoms with Crippen LogP contribution in [0, 0.1) is 0 Å². The second-order valence-corrected chi connectivity index (χ2v) is 5.91. The molecule has 3 nitrogen and oxygen atoms in total. The van der Waals surface area contributed by atoms with Crippen LogP contribution in [0.5, 0.6) is 5.75 Å². The van der Waals surface area contributed by atoms with Gasteiger partial charge >= 0.3 is 0 Å². The Hall–Kier alpha value is -2.33. The van der Waals surface area contributed by atoms with Crippen LogP contribution < -0.4 is 5.32 Å². The van der Waals surface area contributed by atoms with Crippen LogP contribution in [0.4, 0.5) is 0 Å². The number of benzene rings is 2. The third-order valence-corrected chi connectivity index (χ3v) is 4.48. The number of nitrogens with one attached hydrogen (secondary N) is 1. The molecule has 1 atom stereocenters. The smallest absolute Gasteiger partial charge is 0.255 e. The summed E-state index contributed by atoms with van der Waals surface area (Å²) in [5.74, 6) is -0.260. The first-order valence-electron chi connectivity index (χ1n) is 6.71. The van der Waals surface area contributed by atoms with E-state index in [0.717, 1.165) is 15.6 Å². The van der Waals surface area contributed by atoms with E-state index in [4.69, 9.17) is 0 Å². The van der Waals surface area contributed by atoms with Gasteiger partial charge in [0.25, 0.3) is 5.91 Å². The summed E-state index contributed by atoms with van der Waals surface area (Å²) in [6.45, 7) is 1.93. The first-order chi connectivity index (χ1) is 10.1. The number of phenolic OH excluding ortho intramolecular Hbond substituents is 1. The van der Waals surface area contributed by atoms with Crippen molar-refractivity contribution in [1.82, 2.24) is 5.32 Å². The molecule has 3 rings (SSSR count). The fourth-order valence-electron chi connectivity index (χ4n) is 2.29. The SMILES string of the molecule is C[C@@H](NC(=O)c1cc2ccccc2cc1O)c1cccs1. The number of carbonyl (C=O) groups excluding carboxylic acids is 1. The maximum absolute atomic E-state index is 12.3. The molecule has 0 spiro atoms. The Morgan fingerprint density at radius 2 is 1.86 bits per heavy atom. The van der Waals surface area contributed by atoms with Crippen molar-refractivity contribution >= 4 is 28.0 Å². The molecule has 2 N–H and O–H groups in total. The van der Waals surface area contributed by atoms with E-state index in [1.54, 1.807) is 23.5 Å². The summed E-state index contributed by atoms with van der Waals surface area (Å²) in [7, 11) is 0. The molecular weight excluding hydrogens is 282 g/mol. The van der Waals surface area contributed by atoms with Gasteiger partial charge in [-0.1, -0.05) is 30.3 Å². The van der Waals surface area contributed by atoms with Crippen LogP contribution in [0.3, 0.4) is 0 Å². The molecule has 21 heavy (non-hydrogen) atoms. The zero-order valence-electron chi connectivity index (χ0n) is 11.5. The fraction of sp³-hybridized carbons (Fsp3) is 0.118. The number of rotatable bonds is 3. The quantitative estimate of drug-likeness (QED) is 0.764. The first-order valence-corrected chi connectivity index (χ1v) is 7.59. The van der Waals surface area contributed by atoms with Crippen molar-refractivity contribution in [3.05, 3.63) is 64.4 Å². The Kier molecular flexibility index (Phi) is 3.62. The molecule has 0 saturated carbocycles. The maximum atomic E-state index is 12.3. The van der Waals surface area contributed by atoms with Crippen molar-refractivity contribution in [1.29, 1.82) is 0 Å². The number of hydrogen-bond donors (Lipinski definition) is 2. The van der Waals surface area contributed by atoms with E-state index in [1.165, 1.54) is 0 Å². The van der Waals surface area contributed by atoms with Gasteiger partial charge in [0.1, 0.15) is 5.75 Å². The highest BCUT2D eigenvalue weighted by Crippen LogP contribution is 2.26. The van der Waals surface area contributed by atoms with Gasteiger partial charge in [0.2, 0.25) is 0 Å². The minimum absolute atomic E-state index is 0.00424. The van der Waals surface area contributed by atoms with Crippen LogP contribution in [0.25, 0.3) is 10.8 Å². The Bertz CT molecular complexity index is 781. The first kappa shape index (κ1) is 13.6. The molecule has 1 heterocycles. The molecule has 0 bridgehead atoms. The van der Waals surface area contributed by atoms with E-state index >= 15 is 0 Å². The average molecular weight is 297 g/mol. The molecule has 106 valence electrons. The topological polar surface area (TPSA) is 49.3 Å². The number of hydrogen-bond acceptors (Lipinski definition) is 3. The predicted octanol–water partition coefficient (Wildman–Crippen LogP) is 4.10. The van der Waals surface area contributed by atoms with E-state index in [2.05, 4.69) is 5.32 Å². The minimum Gasteiger partial charge on any atom is -0.507 e. The summed E-state index contributed by atoms with van der Waals surface area (Å²) in [6, 6.07) is 14.9. The molecule has 4 heteroatoms. The Labute approximate surface area is 126 Å². The van der Waals surface area contributed by atoms with Gasteiger partial charge in [-0.05, 0) is 41.3 Å². The third-order valence-electron chi connectivity index (χ3n) is 3.43. The molecule has 0 aliphatic carbocycles. The van der Waals surface area contributed by atoms with E-state index in [0.29, 0.717) is 5.56 Å². The standard InChI is InChI=1S/C17H15NO2S/c1-11(16-7-4-8-21-16)18-17(20)14-9-12-5-2-3-6-13(12)10-15(14)19/h2-11,19H,1H3,(H,18,20)/t11-/m1/s1. The summed E-state index contributed by atoms with van der Waals surface area (Å²) >= 11 is 1.60. The van der Waals surface area contributed by atoms with Gasteiger partial charge in [-0.15, -0.1) is 11.3 Å². The van der Waals surface area contributed by atoms with Crippen LogP contribution in [0.15, 0.2) is 53.9 Å². The highest BCUT2D eigenvalue weighted by atomic mass is 32.1. The van der Waals surface area contributed by atoms with Crippen molar-refractivity contribution < 1.29 is 9.90 Å². The molecule has 0 unspecified atom stereocenters. The molecule has 0 radical (unpaired) electrons. The van der Waals surface area contributed by atoms with Crippen molar-refractivity contribution in [2.75, 3.05) is 0 Å². The van der Waals surface area contributed by atoms with Gasteiger partial charge in [0.15, 0.2) is 0 Å². The molecule has 3 aromatic rings. The van der Waals surface area contributed by atoms with E-state index in [1.807, 2.05) is 48.7 Å². The van der Waals surface area contributed by atoms with Gasteiger partial charge in [-0.25, -0.2) is 0 Å². The highest BCUT2D eigenvalue weighted by molar-refractivity contribution is 7.10. The lowest BCUT2D eigenvalue weighted by Crippen LogP contribution is -2.26. The maximum Gasteiger partial charge on any atom is 0.255 e. The predicted molar refractivity (Wildman–Crippen MR) is 85.8 cm³/mol. The van der Waals surface area contributed by atoms with Gasteiger partial charge in [0, 0.05) is 4.88 Å². The number of carbonyl (C=O) groups is 1. The Morgan fingerprint density at radius 1 is 1.14 bits per heavy atom. The normalized spacial score (nSPS) is 12.2. The van der Waals surface area contributed by atoms with Crippen LogP contribution in [0.2, 0.25) is 0 Å². The molecular formula is C17H15NO2S. The summed E-state index contributed by atoms with van der Waals surface area (Å²) < 4.78 is 0. The van der Waals surface area contributed by atoms with Gasteiger partial charge < -0.3 is 10.4 Å². The van der Waals surface area contributed by atoms with Crippen LogP contribution >= 0.6 is 11.3 Å². The average Bonchev–Trinajstić information content (AvgIpc) is 3.00. The van der Waals surface area contributed by atoms with Crippen molar-refractivity contribution in [3.63, 3.8) is 0 Å². The molecule has 0 saturated heterocycles. The number of amides is 1. The van der Waals surface area contributed by atoms with Crippen molar-refractivity contribution in [2.24, 2.45) is 0 Å². The third kappa shape index (κ3) is 2.76. The molecule has 0 fully saturated rings. The zero-order valence-corrected chi connectivity index (χ0v) is 12.4. The number of thiophene rings is 1. The molecule has 0 aliphatic rings. The lowest BCUT2D eigenvalue weighted by atomic mass is 10.1. The highest BCUT2D eigenvalue weighted by Gasteiger charge is 2.16. The van der Waals surface area contributed by atoms with Crippen LogP contribution in [-0.2, 0) is 0 Å². The second kappa shape index (κ2) is 5.58. The minimum atomic E-state index is -0.265. The number of phenols is 1. The number of aromatic hydroxyl groups is 1. The summed E-state index contributed by atoms with van der Waals surface area (Å²) in [5, 5.41) is 16.8. The Morgan fingerprint density at radius 3 is 2.52 bits per heavy atom. The number of fused-ring (bicyclic) bond motifs is 1. The largest absolute Gasteiger partial charge is 0.507 e. The van der Waals surface area contributed by atoms with E-state index in [-0.39, 0.29) is 17.7 Å².